The van der Waals surface area contributed by atoms with Gasteiger partial charge in [0.05, 0.1) is 0 Å². The van der Waals surface area contributed by atoms with Crippen molar-refractivity contribution < 1.29 is 18.4 Å². The molecule has 1 aliphatic heterocycles. The number of carbonyl (C=O) groups excluding carboxylic acids is 2. The van der Waals surface area contributed by atoms with Crippen LogP contribution in [-0.4, -0.2) is 52.9 Å². The lowest BCUT2D eigenvalue weighted by Gasteiger charge is -2.34. The molecule has 0 bridgehead atoms. The molecule has 158 valence electrons. The Balaban J connectivity index is 1.35. The van der Waals surface area contributed by atoms with Crippen molar-refractivity contribution in [2.75, 3.05) is 31.5 Å². The predicted octanol–water partition coefficient (Wildman–Crippen LogP) is 4.02. The van der Waals surface area contributed by atoms with Gasteiger partial charge in [-0.3, -0.25) is 9.78 Å². The average Bonchev–Trinajstić information content (AvgIpc) is 2.79. The van der Waals surface area contributed by atoms with E-state index in [0.717, 1.165) is 0 Å². The number of rotatable bonds is 3. The summed E-state index contributed by atoms with van der Waals surface area (Å²) >= 11 is 0. The first-order chi connectivity index (χ1) is 15.0. The number of pyridine rings is 1. The molecule has 4 rings (SSSR count). The summed E-state index contributed by atoms with van der Waals surface area (Å²) in [5, 5.41) is 2.69. The van der Waals surface area contributed by atoms with Crippen LogP contribution in [0.4, 0.5) is 19.3 Å². The number of carbonyl (C=O) groups is 2. The van der Waals surface area contributed by atoms with E-state index in [1.807, 2.05) is 0 Å². The van der Waals surface area contributed by atoms with Gasteiger partial charge in [0.25, 0.3) is 5.91 Å². The van der Waals surface area contributed by atoms with Gasteiger partial charge in [0.1, 0.15) is 11.6 Å². The highest BCUT2D eigenvalue weighted by Crippen LogP contribution is 2.24. The lowest BCUT2D eigenvalue weighted by molar-refractivity contribution is 0.0671. The van der Waals surface area contributed by atoms with Crippen molar-refractivity contribution in [1.82, 2.24) is 14.8 Å². The second kappa shape index (κ2) is 8.91. The zero-order chi connectivity index (χ0) is 21.8. The molecule has 8 heteroatoms. The SMILES string of the molecule is O=C(Nc1ccc(-c2cccnc2)c(F)c1)N1CCN(C(=O)c2cccc(F)c2)CC1. The molecule has 0 spiro atoms. The van der Waals surface area contributed by atoms with Crippen LogP contribution in [0.25, 0.3) is 11.1 Å². The molecule has 2 aromatic carbocycles. The molecule has 3 aromatic rings. The standard InChI is InChI=1S/C23H20F2N4O2/c24-18-5-1-3-16(13-18)22(30)28-9-11-29(12-10-28)23(31)27-19-6-7-20(21(25)14-19)17-4-2-8-26-15-17/h1-8,13-15H,9-12H2,(H,27,31). The van der Waals surface area contributed by atoms with Crippen molar-refractivity contribution in [3.05, 3.63) is 84.2 Å². The number of amides is 3. The minimum Gasteiger partial charge on any atom is -0.335 e. The molecule has 31 heavy (non-hydrogen) atoms. The quantitative estimate of drug-likeness (QED) is 0.694. The van der Waals surface area contributed by atoms with Gasteiger partial charge in [-0.05, 0) is 42.5 Å². The molecule has 2 heterocycles. The van der Waals surface area contributed by atoms with E-state index in [1.165, 1.54) is 24.3 Å². The largest absolute Gasteiger partial charge is 0.335 e. The molecule has 0 aliphatic carbocycles. The van der Waals surface area contributed by atoms with Crippen molar-refractivity contribution >= 4 is 17.6 Å². The van der Waals surface area contributed by atoms with E-state index in [0.29, 0.717) is 43.0 Å². The Morgan fingerprint density at radius 2 is 1.68 bits per heavy atom. The fourth-order valence-electron chi connectivity index (χ4n) is 3.47. The van der Waals surface area contributed by atoms with Gasteiger partial charge in [0.15, 0.2) is 0 Å². The minimum absolute atomic E-state index is 0.271. The summed E-state index contributed by atoms with van der Waals surface area (Å²) in [6, 6.07) is 13.1. The summed E-state index contributed by atoms with van der Waals surface area (Å²) in [5.41, 5.74) is 1.67. The van der Waals surface area contributed by atoms with Crippen molar-refractivity contribution in [2.45, 2.75) is 0 Å². The Labute approximate surface area is 178 Å². The van der Waals surface area contributed by atoms with E-state index in [-0.39, 0.29) is 17.5 Å². The summed E-state index contributed by atoms with van der Waals surface area (Å²) in [7, 11) is 0. The van der Waals surface area contributed by atoms with Crippen molar-refractivity contribution in [1.29, 1.82) is 0 Å². The lowest BCUT2D eigenvalue weighted by Crippen LogP contribution is -2.51. The maximum atomic E-state index is 14.5. The van der Waals surface area contributed by atoms with Gasteiger partial charge in [-0.25, -0.2) is 13.6 Å². The number of nitrogens with zero attached hydrogens (tertiary/aromatic N) is 3. The van der Waals surface area contributed by atoms with Crippen molar-refractivity contribution in [2.24, 2.45) is 0 Å². The van der Waals surface area contributed by atoms with Crippen molar-refractivity contribution in [3.8, 4) is 11.1 Å². The molecule has 6 nitrogen and oxygen atoms in total. The molecular formula is C23H20F2N4O2. The predicted molar refractivity (Wildman–Crippen MR) is 113 cm³/mol. The fraction of sp³-hybridized carbons (Fsp3) is 0.174. The van der Waals surface area contributed by atoms with E-state index in [4.69, 9.17) is 0 Å². The number of anilines is 1. The molecule has 0 radical (unpaired) electrons. The maximum absolute atomic E-state index is 14.5. The molecule has 0 atom stereocenters. The summed E-state index contributed by atoms with van der Waals surface area (Å²) in [5.74, 6) is -1.20. The molecule has 3 amide bonds. The number of aromatic nitrogens is 1. The lowest BCUT2D eigenvalue weighted by atomic mass is 10.1. The first-order valence-corrected chi connectivity index (χ1v) is 9.82. The third-order valence-corrected chi connectivity index (χ3v) is 5.12. The van der Waals surface area contributed by atoms with Crippen LogP contribution in [0.1, 0.15) is 10.4 Å². The van der Waals surface area contributed by atoms with Crippen LogP contribution in [0.3, 0.4) is 0 Å². The highest BCUT2D eigenvalue weighted by Gasteiger charge is 2.25. The first kappa shape index (κ1) is 20.5. The summed E-state index contributed by atoms with van der Waals surface area (Å²) in [6.07, 6.45) is 3.18. The van der Waals surface area contributed by atoms with Crippen LogP contribution in [0.2, 0.25) is 0 Å². The van der Waals surface area contributed by atoms with Crippen LogP contribution in [0.5, 0.6) is 0 Å². The normalized spacial score (nSPS) is 13.7. The average molecular weight is 422 g/mol. The van der Waals surface area contributed by atoms with Gasteiger partial charge >= 0.3 is 6.03 Å². The Hall–Kier alpha value is -3.81. The van der Waals surface area contributed by atoms with E-state index >= 15 is 0 Å². The first-order valence-electron chi connectivity index (χ1n) is 9.82. The number of benzene rings is 2. The van der Waals surface area contributed by atoms with Gasteiger partial charge in [0, 0.05) is 61.0 Å². The number of hydrogen-bond donors (Lipinski definition) is 1. The van der Waals surface area contributed by atoms with E-state index in [9.17, 15) is 18.4 Å². The summed E-state index contributed by atoms with van der Waals surface area (Å²) in [4.78, 5) is 32.2. The second-order valence-corrected chi connectivity index (χ2v) is 7.16. The Morgan fingerprint density at radius 3 is 2.35 bits per heavy atom. The molecule has 0 saturated carbocycles. The van der Waals surface area contributed by atoms with Crippen LogP contribution in [0.15, 0.2) is 67.0 Å². The van der Waals surface area contributed by atoms with E-state index in [2.05, 4.69) is 10.3 Å². The minimum atomic E-state index is -0.467. The summed E-state index contributed by atoms with van der Waals surface area (Å²) < 4.78 is 27.9. The second-order valence-electron chi connectivity index (χ2n) is 7.16. The Kier molecular flexibility index (Phi) is 5.88. The number of piperazine rings is 1. The van der Waals surface area contributed by atoms with Gasteiger partial charge < -0.3 is 15.1 Å². The van der Waals surface area contributed by atoms with Crippen molar-refractivity contribution in [3.63, 3.8) is 0 Å². The van der Waals surface area contributed by atoms with Crippen LogP contribution in [-0.2, 0) is 0 Å². The van der Waals surface area contributed by atoms with E-state index in [1.54, 1.807) is 52.5 Å². The zero-order valence-electron chi connectivity index (χ0n) is 16.6. The number of hydrogen-bond acceptors (Lipinski definition) is 3. The fourth-order valence-corrected chi connectivity index (χ4v) is 3.47. The maximum Gasteiger partial charge on any atom is 0.321 e. The molecule has 1 aromatic heterocycles. The Bertz CT molecular complexity index is 1100. The zero-order valence-corrected chi connectivity index (χ0v) is 16.6. The monoisotopic (exact) mass is 422 g/mol. The Morgan fingerprint density at radius 1 is 0.903 bits per heavy atom. The number of urea groups is 1. The highest BCUT2D eigenvalue weighted by molar-refractivity contribution is 5.94. The van der Waals surface area contributed by atoms with Gasteiger partial charge in [-0.1, -0.05) is 12.1 Å². The number of nitrogens with one attached hydrogen (secondary N) is 1. The third-order valence-electron chi connectivity index (χ3n) is 5.12. The van der Waals surface area contributed by atoms with Gasteiger partial charge in [-0.2, -0.15) is 0 Å². The summed E-state index contributed by atoms with van der Waals surface area (Å²) in [6.45, 7) is 1.31. The molecule has 1 aliphatic rings. The molecular weight excluding hydrogens is 402 g/mol. The molecule has 1 saturated heterocycles. The van der Waals surface area contributed by atoms with Crippen LogP contribution < -0.4 is 5.32 Å². The topological polar surface area (TPSA) is 65.5 Å². The number of halogens is 2. The molecule has 0 unspecified atom stereocenters. The van der Waals surface area contributed by atoms with Gasteiger partial charge in [-0.15, -0.1) is 0 Å². The molecule has 1 fully saturated rings. The van der Waals surface area contributed by atoms with Crippen LogP contribution in [0, 0.1) is 11.6 Å². The third kappa shape index (κ3) is 4.69. The highest BCUT2D eigenvalue weighted by atomic mass is 19.1. The van der Waals surface area contributed by atoms with Gasteiger partial charge in [0.2, 0.25) is 0 Å². The van der Waals surface area contributed by atoms with Crippen LogP contribution >= 0.6 is 0 Å². The van der Waals surface area contributed by atoms with E-state index < -0.39 is 11.6 Å². The smallest absolute Gasteiger partial charge is 0.321 e. The molecule has 1 N–H and O–H groups in total.